The van der Waals surface area contributed by atoms with Gasteiger partial charge in [-0.1, -0.05) is 0 Å². The van der Waals surface area contributed by atoms with E-state index in [0.717, 1.165) is 30.4 Å². The molecule has 1 unspecified atom stereocenters. The fourth-order valence-electron chi connectivity index (χ4n) is 3.05. The van der Waals surface area contributed by atoms with Crippen molar-refractivity contribution in [2.45, 2.75) is 38.8 Å². The first-order valence-corrected chi connectivity index (χ1v) is 8.35. The van der Waals surface area contributed by atoms with Crippen LogP contribution in [-0.2, 0) is 18.4 Å². The van der Waals surface area contributed by atoms with E-state index >= 15 is 0 Å². The van der Waals surface area contributed by atoms with Gasteiger partial charge >= 0.3 is 5.69 Å². The number of amides is 1. The lowest BCUT2D eigenvalue weighted by atomic mass is 10.0. The number of hydrogen-bond donors (Lipinski definition) is 0. The summed E-state index contributed by atoms with van der Waals surface area (Å²) in [6, 6.07) is 1.94. The van der Waals surface area contributed by atoms with E-state index in [1.54, 1.807) is 11.4 Å². The van der Waals surface area contributed by atoms with Crippen molar-refractivity contribution in [3.05, 3.63) is 32.3 Å². The molecule has 1 atom stereocenters. The van der Waals surface area contributed by atoms with Crippen LogP contribution < -0.4 is 11.2 Å². The van der Waals surface area contributed by atoms with Crippen LogP contribution in [0, 0.1) is 0 Å². The van der Waals surface area contributed by atoms with Crippen molar-refractivity contribution in [3.63, 3.8) is 0 Å². The SMILES string of the molecule is CC1CCCCN1C(=O)Cn1c(=O)n(C)c(=O)c2sccc21. The molecule has 22 heavy (non-hydrogen) atoms. The summed E-state index contributed by atoms with van der Waals surface area (Å²) in [5.74, 6) is -0.0551. The van der Waals surface area contributed by atoms with Gasteiger partial charge in [-0.05, 0) is 37.6 Å². The zero-order valence-electron chi connectivity index (χ0n) is 12.7. The Balaban J connectivity index is 2.00. The second-order valence-electron chi connectivity index (χ2n) is 5.80. The van der Waals surface area contributed by atoms with Crippen LogP contribution in [0.5, 0.6) is 0 Å². The third kappa shape index (κ3) is 2.39. The molecule has 3 rings (SSSR count). The van der Waals surface area contributed by atoms with Gasteiger partial charge in [0.05, 0.1) is 5.52 Å². The number of fused-ring (bicyclic) bond motifs is 1. The predicted molar refractivity (Wildman–Crippen MR) is 86.4 cm³/mol. The molecule has 0 spiro atoms. The number of aromatic nitrogens is 2. The van der Waals surface area contributed by atoms with Gasteiger partial charge in [-0.15, -0.1) is 11.3 Å². The van der Waals surface area contributed by atoms with Crippen molar-refractivity contribution < 1.29 is 4.79 Å². The topological polar surface area (TPSA) is 64.3 Å². The average molecular weight is 321 g/mol. The number of hydrogen-bond acceptors (Lipinski definition) is 4. The highest BCUT2D eigenvalue weighted by Gasteiger charge is 2.24. The molecule has 1 fully saturated rings. The minimum absolute atomic E-state index is 0.00940. The standard InChI is InChI=1S/C15H19N3O3S/c1-10-5-3-4-7-17(10)12(19)9-18-11-6-8-22-13(11)14(20)16(2)15(18)21/h6,8,10H,3-5,7,9H2,1-2H3. The van der Waals surface area contributed by atoms with Gasteiger partial charge in [-0.3, -0.25) is 18.7 Å². The van der Waals surface area contributed by atoms with E-state index in [1.807, 2.05) is 11.8 Å². The summed E-state index contributed by atoms with van der Waals surface area (Å²) in [6.45, 7) is 2.78. The average Bonchev–Trinajstić information content (AvgIpc) is 2.99. The Morgan fingerprint density at radius 1 is 1.36 bits per heavy atom. The fraction of sp³-hybridized carbons (Fsp3) is 0.533. The molecule has 0 bridgehead atoms. The molecule has 0 aliphatic carbocycles. The van der Waals surface area contributed by atoms with Crippen molar-refractivity contribution in [2.24, 2.45) is 7.05 Å². The summed E-state index contributed by atoms with van der Waals surface area (Å²) < 4.78 is 3.00. The van der Waals surface area contributed by atoms with Gasteiger partial charge in [-0.2, -0.15) is 0 Å². The Kier molecular flexibility index (Phi) is 3.90. The van der Waals surface area contributed by atoms with Crippen molar-refractivity contribution >= 4 is 27.5 Å². The zero-order chi connectivity index (χ0) is 15.9. The first kappa shape index (κ1) is 15.0. The van der Waals surface area contributed by atoms with Crippen molar-refractivity contribution in [2.75, 3.05) is 6.54 Å². The van der Waals surface area contributed by atoms with E-state index in [2.05, 4.69) is 0 Å². The van der Waals surface area contributed by atoms with Crippen molar-refractivity contribution in [1.29, 1.82) is 0 Å². The lowest BCUT2D eigenvalue weighted by molar-refractivity contribution is -0.135. The van der Waals surface area contributed by atoms with Gasteiger partial charge < -0.3 is 4.90 Å². The van der Waals surface area contributed by atoms with Crippen molar-refractivity contribution in [3.8, 4) is 0 Å². The minimum atomic E-state index is -0.436. The lowest BCUT2D eigenvalue weighted by Crippen LogP contribution is -2.46. The molecule has 2 aromatic heterocycles. The van der Waals surface area contributed by atoms with Crippen LogP contribution in [0.25, 0.3) is 10.2 Å². The first-order chi connectivity index (χ1) is 10.5. The maximum atomic E-state index is 12.6. The van der Waals surface area contributed by atoms with Gasteiger partial charge in [-0.25, -0.2) is 4.79 Å². The van der Waals surface area contributed by atoms with Gasteiger partial charge in [0, 0.05) is 19.6 Å². The molecule has 3 heterocycles. The Morgan fingerprint density at radius 2 is 2.14 bits per heavy atom. The molecule has 1 aliphatic heterocycles. The summed E-state index contributed by atoms with van der Waals surface area (Å²) >= 11 is 1.30. The molecule has 118 valence electrons. The number of rotatable bonds is 2. The molecule has 1 saturated heterocycles. The molecule has 0 N–H and O–H groups in total. The first-order valence-electron chi connectivity index (χ1n) is 7.47. The number of carbonyl (C=O) groups is 1. The fourth-order valence-corrected chi connectivity index (χ4v) is 3.92. The van der Waals surface area contributed by atoms with Crippen LogP contribution in [0.3, 0.4) is 0 Å². The molecule has 0 saturated carbocycles. The van der Waals surface area contributed by atoms with Crippen LogP contribution in [0.4, 0.5) is 0 Å². The molecule has 0 aromatic carbocycles. The largest absolute Gasteiger partial charge is 0.338 e. The van der Waals surface area contributed by atoms with E-state index in [9.17, 15) is 14.4 Å². The van der Waals surface area contributed by atoms with Gasteiger partial charge in [0.25, 0.3) is 5.56 Å². The number of piperidine rings is 1. The van der Waals surface area contributed by atoms with E-state index in [1.165, 1.54) is 23.0 Å². The number of thiophene rings is 1. The van der Waals surface area contributed by atoms with E-state index in [4.69, 9.17) is 0 Å². The molecule has 1 amide bonds. The second-order valence-corrected chi connectivity index (χ2v) is 6.72. The summed E-state index contributed by atoms with van der Waals surface area (Å²) in [5, 5.41) is 1.77. The highest BCUT2D eigenvalue weighted by atomic mass is 32.1. The molecule has 7 heteroatoms. The second kappa shape index (κ2) is 5.72. The van der Waals surface area contributed by atoms with Crippen LogP contribution in [0.15, 0.2) is 21.0 Å². The summed E-state index contributed by atoms with van der Waals surface area (Å²) in [6.07, 6.45) is 3.15. The van der Waals surface area contributed by atoms with Crippen LogP contribution in [-0.4, -0.2) is 32.5 Å². The van der Waals surface area contributed by atoms with Crippen molar-refractivity contribution in [1.82, 2.24) is 14.0 Å². The summed E-state index contributed by atoms with van der Waals surface area (Å²) in [7, 11) is 1.45. The minimum Gasteiger partial charge on any atom is -0.338 e. The molecule has 6 nitrogen and oxygen atoms in total. The number of likely N-dealkylation sites (tertiary alicyclic amines) is 1. The number of carbonyl (C=O) groups excluding carboxylic acids is 1. The zero-order valence-corrected chi connectivity index (χ0v) is 13.6. The molecule has 2 aromatic rings. The number of nitrogens with zero attached hydrogens (tertiary/aromatic N) is 3. The Labute approximate surface area is 131 Å². The molecular weight excluding hydrogens is 302 g/mol. The van der Waals surface area contributed by atoms with Gasteiger partial charge in [0.1, 0.15) is 11.2 Å². The lowest BCUT2D eigenvalue weighted by Gasteiger charge is -2.33. The van der Waals surface area contributed by atoms with Gasteiger partial charge in [0.2, 0.25) is 5.91 Å². The highest BCUT2D eigenvalue weighted by molar-refractivity contribution is 7.17. The highest BCUT2D eigenvalue weighted by Crippen LogP contribution is 2.18. The van der Waals surface area contributed by atoms with Crippen LogP contribution in [0.1, 0.15) is 26.2 Å². The predicted octanol–water partition coefficient (Wildman–Crippen LogP) is 1.16. The monoisotopic (exact) mass is 321 g/mol. The maximum absolute atomic E-state index is 12.6. The third-order valence-electron chi connectivity index (χ3n) is 4.37. The van der Waals surface area contributed by atoms with Gasteiger partial charge in [0.15, 0.2) is 0 Å². The van der Waals surface area contributed by atoms with E-state index in [0.29, 0.717) is 10.2 Å². The smallest absolute Gasteiger partial charge is 0.331 e. The van der Waals surface area contributed by atoms with Crippen LogP contribution in [0.2, 0.25) is 0 Å². The normalized spacial score (nSPS) is 18.8. The summed E-state index contributed by atoms with van der Waals surface area (Å²) in [4.78, 5) is 38.8. The van der Waals surface area contributed by atoms with E-state index < -0.39 is 5.69 Å². The molecular formula is C15H19N3O3S. The van der Waals surface area contributed by atoms with Crippen LogP contribution >= 0.6 is 11.3 Å². The summed E-state index contributed by atoms with van der Waals surface area (Å²) in [5.41, 5.74) is -0.185. The molecule has 0 radical (unpaired) electrons. The quantitative estimate of drug-likeness (QED) is 0.834. The Morgan fingerprint density at radius 3 is 2.86 bits per heavy atom. The molecule has 1 aliphatic rings. The van der Waals surface area contributed by atoms with E-state index in [-0.39, 0.29) is 24.1 Å². The Hall–Kier alpha value is -1.89. The maximum Gasteiger partial charge on any atom is 0.331 e. The third-order valence-corrected chi connectivity index (χ3v) is 5.26. The Bertz CT molecular complexity index is 833.